The first-order valence-electron chi connectivity index (χ1n) is 10.6. The summed E-state index contributed by atoms with van der Waals surface area (Å²) in [4.78, 5) is 28.2. The van der Waals surface area contributed by atoms with Gasteiger partial charge in [0, 0.05) is 34.0 Å². The molecule has 0 unspecified atom stereocenters. The van der Waals surface area contributed by atoms with Gasteiger partial charge < -0.3 is 19.1 Å². The zero-order chi connectivity index (χ0) is 23.4. The maximum absolute atomic E-state index is 13.2. The molecule has 0 aliphatic carbocycles. The zero-order valence-corrected chi connectivity index (χ0v) is 19.8. The predicted octanol–water partition coefficient (Wildman–Crippen LogP) is 2.93. The van der Waals surface area contributed by atoms with Crippen LogP contribution in [0.4, 0.5) is 0 Å². The molecule has 0 atom stereocenters. The van der Waals surface area contributed by atoms with Gasteiger partial charge in [0.15, 0.2) is 16.1 Å². The van der Waals surface area contributed by atoms with Crippen molar-refractivity contribution < 1.29 is 32.2 Å². The maximum Gasteiger partial charge on any atom is 0.337 e. The van der Waals surface area contributed by atoms with Crippen LogP contribution >= 0.6 is 11.8 Å². The van der Waals surface area contributed by atoms with Crippen molar-refractivity contribution in [1.82, 2.24) is 4.90 Å². The lowest BCUT2D eigenvalue weighted by Gasteiger charge is -2.28. The van der Waals surface area contributed by atoms with E-state index >= 15 is 0 Å². The number of amides is 1. The summed E-state index contributed by atoms with van der Waals surface area (Å²) in [5, 5.41) is 0. The largest absolute Gasteiger partial charge is 0.465 e. The van der Waals surface area contributed by atoms with Crippen LogP contribution < -0.4 is 0 Å². The Bertz CT molecular complexity index is 1130. The lowest BCUT2D eigenvalue weighted by molar-refractivity contribution is -0.183. The van der Waals surface area contributed by atoms with Gasteiger partial charge in [-0.3, -0.25) is 4.79 Å². The van der Waals surface area contributed by atoms with E-state index in [0.717, 1.165) is 21.8 Å². The van der Waals surface area contributed by atoms with E-state index < -0.39 is 22.1 Å². The predicted molar refractivity (Wildman–Crippen MR) is 122 cm³/mol. The van der Waals surface area contributed by atoms with Gasteiger partial charge in [-0.15, -0.1) is 0 Å². The molecular formula is C23H25NO7S2. The van der Waals surface area contributed by atoms with E-state index in [0.29, 0.717) is 24.3 Å². The first kappa shape index (κ1) is 23.7. The first-order valence-corrected chi connectivity index (χ1v) is 13.2. The van der Waals surface area contributed by atoms with Crippen molar-refractivity contribution in [1.29, 1.82) is 0 Å². The molecule has 2 aromatic carbocycles. The molecular weight excluding hydrogens is 466 g/mol. The number of benzene rings is 2. The van der Waals surface area contributed by atoms with E-state index in [4.69, 9.17) is 14.2 Å². The highest BCUT2D eigenvalue weighted by Crippen LogP contribution is 2.33. The molecule has 10 heteroatoms. The Morgan fingerprint density at radius 1 is 1.00 bits per heavy atom. The van der Waals surface area contributed by atoms with Crippen molar-refractivity contribution >= 4 is 33.5 Å². The third-order valence-electron chi connectivity index (χ3n) is 5.40. The Labute approximate surface area is 197 Å². The number of methoxy groups -OCH3 is 1. The standard InChI is InChI=1S/C23H25NO7S2/c1-29-22(26)16-4-2-5-19(13-16)32-20-14-17(12-18(15-20)23-30-8-3-9-31-23)21(25)24-6-10-33(27,28)11-7-24/h2,4-5,12-15,23H,3,6-11H2,1H3. The Morgan fingerprint density at radius 3 is 2.39 bits per heavy atom. The fourth-order valence-electron chi connectivity index (χ4n) is 3.66. The normalized spacial score (nSPS) is 18.6. The highest BCUT2D eigenvalue weighted by Gasteiger charge is 2.27. The highest BCUT2D eigenvalue weighted by atomic mass is 32.2. The minimum atomic E-state index is -3.09. The number of carbonyl (C=O) groups is 2. The number of hydrogen-bond donors (Lipinski definition) is 0. The molecule has 0 spiro atoms. The molecule has 0 aromatic heterocycles. The summed E-state index contributed by atoms with van der Waals surface area (Å²) in [5.74, 6) is -0.719. The molecule has 1 amide bonds. The van der Waals surface area contributed by atoms with Crippen LogP contribution in [-0.2, 0) is 24.0 Å². The number of nitrogens with zero attached hydrogens (tertiary/aromatic N) is 1. The average Bonchev–Trinajstić information content (AvgIpc) is 2.83. The fourth-order valence-corrected chi connectivity index (χ4v) is 5.85. The molecule has 33 heavy (non-hydrogen) atoms. The summed E-state index contributed by atoms with van der Waals surface area (Å²) in [7, 11) is -1.76. The summed E-state index contributed by atoms with van der Waals surface area (Å²) in [6.45, 7) is 1.48. The second-order valence-electron chi connectivity index (χ2n) is 7.78. The van der Waals surface area contributed by atoms with Crippen LogP contribution in [0.1, 0.15) is 39.0 Å². The molecule has 8 nitrogen and oxygen atoms in total. The summed E-state index contributed by atoms with van der Waals surface area (Å²) in [6.07, 6.45) is 0.230. The van der Waals surface area contributed by atoms with Crippen LogP contribution in [0.2, 0.25) is 0 Å². The molecule has 2 heterocycles. The topological polar surface area (TPSA) is 99.2 Å². The minimum absolute atomic E-state index is 0.0325. The molecule has 0 N–H and O–H groups in total. The van der Waals surface area contributed by atoms with Crippen LogP contribution in [0.5, 0.6) is 0 Å². The summed E-state index contributed by atoms with van der Waals surface area (Å²) in [6, 6.07) is 12.5. The molecule has 0 saturated carbocycles. The highest BCUT2D eigenvalue weighted by molar-refractivity contribution is 7.99. The number of carbonyl (C=O) groups excluding carboxylic acids is 2. The van der Waals surface area contributed by atoms with E-state index in [2.05, 4.69) is 0 Å². The van der Waals surface area contributed by atoms with Gasteiger partial charge in [-0.25, -0.2) is 13.2 Å². The third-order valence-corrected chi connectivity index (χ3v) is 7.97. The lowest BCUT2D eigenvalue weighted by atomic mass is 10.1. The molecule has 2 aliphatic rings. The quantitative estimate of drug-likeness (QED) is 0.589. The van der Waals surface area contributed by atoms with Crippen molar-refractivity contribution in [3.8, 4) is 0 Å². The molecule has 0 radical (unpaired) electrons. The Hall–Kier alpha value is -2.40. The zero-order valence-electron chi connectivity index (χ0n) is 18.2. The number of hydrogen-bond acceptors (Lipinski definition) is 8. The lowest BCUT2D eigenvalue weighted by Crippen LogP contribution is -2.43. The van der Waals surface area contributed by atoms with E-state index in [9.17, 15) is 18.0 Å². The fraction of sp³-hybridized carbons (Fsp3) is 0.391. The number of ether oxygens (including phenoxy) is 3. The van der Waals surface area contributed by atoms with Gasteiger partial charge in [0.1, 0.15) is 0 Å². The van der Waals surface area contributed by atoms with Crippen LogP contribution in [-0.4, -0.2) is 70.1 Å². The Balaban J connectivity index is 1.63. The van der Waals surface area contributed by atoms with Crippen LogP contribution in [0.3, 0.4) is 0 Å². The van der Waals surface area contributed by atoms with Gasteiger partial charge in [-0.1, -0.05) is 17.8 Å². The SMILES string of the molecule is COC(=O)c1cccc(Sc2cc(C(=O)N3CCS(=O)(=O)CC3)cc(C3OCCCO3)c2)c1. The summed E-state index contributed by atoms with van der Waals surface area (Å²) >= 11 is 1.40. The second kappa shape index (κ2) is 10.3. The third kappa shape index (κ3) is 5.94. The maximum atomic E-state index is 13.2. The van der Waals surface area contributed by atoms with Gasteiger partial charge in [0.25, 0.3) is 5.91 Å². The van der Waals surface area contributed by atoms with Crippen molar-refractivity contribution in [3.05, 3.63) is 59.2 Å². The molecule has 2 aromatic rings. The summed E-state index contributed by atoms with van der Waals surface area (Å²) < 4.78 is 39.8. The molecule has 2 fully saturated rings. The molecule has 0 bridgehead atoms. The van der Waals surface area contributed by atoms with Crippen molar-refractivity contribution in [2.24, 2.45) is 0 Å². The van der Waals surface area contributed by atoms with Crippen LogP contribution in [0.25, 0.3) is 0 Å². The van der Waals surface area contributed by atoms with E-state index in [1.165, 1.54) is 18.9 Å². The van der Waals surface area contributed by atoms with Gasteiger partial charge >= 0.3 is 5.97 Å². The van der Waals surface area contributed by atoms with Gasteiger partial charge in [0.05, 0.1) is 37.4 Å². The Morgan fingerprint density at radius 2 is 1.70 bits per heavy atom. The molecule has 2 aliphatic heterocycles. The molecule has 4 rings (SSSR count). The van der Waals surface area contributed by atoms with Crippen molar-refractivity contribution in [2.45, 2.75) is 22.5 Å². The van der Waals surface area contributed by atoms with Crippen LogP contribution in [0, 0.1) is 0 Å². The summed E-state index contributed by atoms with van der Waals surface area (Å²) in [5.41, 5.74) is 1.59. The van der Waals surface area contributed by atoms with Gasteiger partial charge in [0.2, 0.25) is 0 Å². The number of sulfone groups is 1. The number of esters is 1. The Kier molecular flexibility index (Phi) is 7.38. The monoisotopic (exact) mass is 491 g/mol. The van der Waals surface area contributed by atoms with Crippen molar-refractivity contribution in [2.75, 3.05) is 44.9 Å². The number of rotatable bonds is 5. The second-order valence-corrected chi connectivity index (χ2v) is 11.2. The molecule has 176 valence electrons. The van der Waals surface area contributed by atoms with E-state index in [-0.39, 0.29) is 30.5 Å². The first-order chi connectivity index (χ1) is 15.8. The minimum Gasteiger partial charge on any atom is -0.465 e. The van der Waals surface area contributed by atoms with Gasteiger partial charge in [-0.2, -0.15) is 0 Å². The molecule has 2 saturated heterocycles. The van der Waals surface area contributed by atoms with Crippen molar-refractivity contribution in [3.63, 3.8) is 0 Å². The van der Waals surface area contributed by atoms with E-state index in [1.807, 2.05) is 12.1 Å². The van der Waals surface area contributed by atoms with Crippen LogP contribution in [0.15, 0.2) is 52.3 Å². The average molecular weight is 492 g/mol. The smallest absolute Gasteiger partial charge is 0.337 e. The van der Waals surface area contributed by atoms with Gasteiger partial charge in [-0.05, 0) is 42.8 Å². The van der Waals surface area contributed by atoms with E-state index in [1.54, 1.807) is 35.2 Å².